The van der Waals surface area contributed by atoms with E-state index >= 15 is 0 Å². The molecule has 1 aromatic carbocycles. The Morgan fingerprint density at radius 2 is 2.24 bits per heavy atom. The minimum absolute atomic E-state index is 0.0429. The maximum absolute atomic E-state index is 12.3. The second kappa shape index (κ2) is 6.14. The zero-order chi connectivity index (χ0) is 14.8. The van der Waals surface area contributed by atoms with Gasteiger partial charge in [0.05, 0.1) is 0 Å². The predicted molar refractivity (Wildman–Crippen MR) is 90.2 cm³/mol. The Morgan fingerprint density at radius 3 is 3.00 bits per heavy atom. The summed E-state index contributed by atoms with van der Waals surface area (Å²) >= 11 is 1.99. The Bertz CT molecular complexity index is 656. The first kappa shape index (κ1) is 14.5. The highest BCUT2D eigenvalue weighted by Crippen LogP contribution is 2.25. The Morgan fingerprint density at radius 1 is 1.38 bits per heavy atom. The molecule has 3 rings (SSSR count). The molecular weight excluding hydrogens is 280 g/mol. The molecule has 2 aromatic rings. The minimum Gasteiger partial charge on any atom is -0.358 e. The summed E-state index contributed by atoms with van der Waals surface area (Å²) in [5.74, 6) is 1.27. The topological polar surface area (TPSA) is 44.9 Å². The van der Waals surface area contributed by atoms with Crippen molar-refractivity contribution in [1.82, 2.24) is 10.3 Å². The summed E-state index contributed by atoms with van der Waals surface area (Å²) in [5.41, 5.74) is 4.25. The number of fused-ring (bicyclic) bond motifs is 1. The van der Waals surface area contributed by atoms with Crippen molar-refractivity contribution < 1.29 is 4.79 Å². The van der Waals surface area contributed by atoms with Gasteiger partial charge in [0.1, 0.15) is 0 Å². The smallest absolute Gasteiger partial charge is 0.251 e. The Labute approximate surface area is 129 Å². The fourth-order valence-electron chi connectivity index (χ4n) is 2.88. The highest BCUT2D eigenvalue weighted by atomic mass is 32.2. The van der Waals surface area contributed by atoms with Crippen LogP contribution in [0.3, 0.4) is 0 Å². The molecule has 1 saturated heterocycles. The summed E-state index contributed by atoms with van der Waals surface area (Å²) in [6.07, 6.45) is 3.83. The molecule has 0 saturated carbocycles. The number of carbonyl (C=O) groups is 1. The zero-order valence-corrected chi connectivity index (χ0v) is 13.5. The molecule has 0 radical (unpaired) electrons. The van der Waals surface area contributed by atoms with E-state index in [0.29, 0.717) is 5.25 Å². The van der Waals surface area contributed by atoms with Crippen molar-refractivity contribution in [3.63, 3.8) is 0 Å². The van der Waals surface area contributed by atoms with Crippen LogP contribution < -0.4 is 5.32 Å². The maximum atomic E-state index is 12.3. The van der Waals surface area contributed by atoms with Crippen LogP contribution in [0.15, 0.2) is 18.2 Å². The van der Waals surface area contributed by atoms with Crippen LogP contribution in [0.1, 0.15) is 40.9 Å². The third-order valence-corrected chi connectivity index (χ3v) is 5.73. The molecule has 1 unspecified atom stereocenters. The van der Waals surface area contributed by atoms with Crippen LogP contribution in [-0.2, 0) is 0 Å². The SMILES string of the molecule is Cc1[nH]c2ccc(C(=O)NCC3CCCCS3)cc2c1C. The molecule has 0 bridgehead atoms. The fraction of sp³-hybridized carbons (Fsp3) is 0.471. The molecule has 1 amide bonds. The zero-order valence-electron chi connectivity index (χ0n) is 12.7. The number of H-pyrrole nitrogens is 1. The number of aromatic nitrogens is 1. The van der Waals surface area contributed by atoms with Gasteiger partial charge in [0.15, 0.2) is 0 Å². The summed E-state index contributed by atoms with van der Waals surface area (Å²) in [5, 5.41) is 4.82. The van der Waals surface area contributed by atoms with E-state index in [0.717, 1.165) is 23.0 Å². The molecule has 3 nitrogen and oxygen atoms in total. The van der Waals surface area contributed by atoms with Crippen LogP contribution in [-0.4, -0.2) is 28.4 Å². The van der Waals surface area contributed by atoms with Gasteiger partial charge in [0.2, 0.25) is 0 Å². The molecule has 2 heterocycles. The van der Waals surface area contributed by atoms with Crippen molar-refractivity contribution in [1.29, 1.82) is 0 Å². The standard InChI is InChI=1S/C17H22N2OS/c1-11-12(2)19-16-7-6-13(9-15(11)16)17(20)18-10-14-5-3-4-8-21-14/h6-7,9,14,19H,3-5,8,10H2,1-2H3,(H,18,20). The summed E-state index contributed by atoms with van der Waals surface area (Å²) in [6.45, 7) is 4.94. The summed E-state index contributed by atoms with van der Waals surface area (Å²) in [4.78, 5) is 15.7. The van der Waals surface area contributed by atoms with Gasteiger partial charge in [-0.3, -0.25) is 4.79 Å². The largest absolute Gasteiger partial charge is 0.358 e. The average Bonchev–Trinajstić information content (AvgIpc) is 2.80. The second-order valence-corrected chi connectivity index (χ2v) is 7.24. The van der Waals surface area contributed by atoms with Gasteiger partial charge in [-0.25, -0.2) is 0 Å². The molecule has 112 valence electrons. The van der Waals surface area contributed by atoms with E-state index in [9.17, 15) is 4.79 Å². The number of amides is 1. The lowest BCUT2D eigenvalue weighted by Crippen LogP contribution is -2.31. The van der Waals surface area contributed by atoms with Gasteiger partial charge >= 0.3 is 0 Å². The fourth-order valence-corrected chi connectivity index (χ4v) is 4.12. The summed E-state index contributed by atoms with van der Waals surface area (Å²) in [6, 6.07) is 5.90. The van der Waals surface area contributed by atoms with Gasteiger partial charge in [0.25, 0.3) is 5.91 Å². The second-order valence-electron chi connectivity index (χ2n) is 5.83. The minimum atomic E-state index is 0.0429. The van der Waals surface area contributed by atoms with E-state index < -0.39 is 0 Å². The third kappa shape index (κ3) is 3.10. The molecule has 4 heteroatoms. The van der Waals surface area contributed by atoms with Crippen LogP contribution in [0.4, 0.5) is 0 Å². The van der Waals surface area contributed by atoms with Crippen molar-refractivity contribution in [3.8, 4) is 0 Å². The lowest BCUT2D eigenvalue weighted by Gasteiger charge is -2.21. The Balaban J connectivity index is 1.70. The molecule has 1 aliphatic rings. The van der Waals surface area contributed by atoms with Crippen molar-refractivity contribution >= 4 is 28.6 Å². The van der Waals surface area contributed by atoms with Crippen molar-refractivity contribution in [3.05, 3.63) is 35.0 Å². The van der Waals surface area contributed by atoms with Crippen LogP contribution >= 0.6 is 11.8 Å². The predicted octanol–water partition coefficient (Wildman–Crippen LogP) is 3.80. The van der Waals surface area contributed by atoms with Crippen molar-refractivity contribution in [2.75, 3.05) is 12.3 Å². The quantitative estimate of drug-likeness (QED) is 0.906. The van der Waals surface area contributed by atoms with E-state index in [2.05, 4.69) is 24.1 Å². The molecule has 1 fully saturated rings. The molecule has 1 aromatic heterocycles. The van der Waals surface area contributed by atoms with E-state index in [1.807, 2.05) is 30.0 Å². The highest BCUT2D eigenvalue weighted by molar-refractivity contribution is 7.99. The monoisotopic (exact) mass is 302 g/mol. The summed E-state index contributed by atoms with van der Waals surface area (Å²) < 4.78 is 0. The van der Waals surface area contributed by atoms with Crippen molar-refractivity contribution in [2.24, 2.45) is 0 Å². The number of aromatic amines is 1. The molecule has 21 heavy (non-hydrogen) atoms. The number of thioether (sulfide) groups is 1. The maximum Gasteiger partial charge on any atom is 0.251 e. The molecule has 0 aliphatic carbocycles. The van der Waals surface area contributed by atoms with Gasteiger partial charge in [-0.1, -0.05) is 6.42 Å². The number of rotatable bonds is 3. The number of carbonyl (C=O) groups excluding carboxylic acids is 1. The van der Waals surface area contributed by atoms with E-state index in [4.69, 9.17) is 0 Å². The van der Waals surface area contributed by atoms with Crippen LogP contribution in [0.5, 0.6) is 0 Å². The molecule has 0 spiro atoms. The number of nitrogens with one attached hydrogen (secondary N) is 2. The van der Waals surface area contributed by atoms with Crippen LogP contribution in [0, 0.1) is 13.8 Å². The van der Waals surface area contributed by atoms with E-state index in [1.54, 1.807) is 0 Å². The van der Waals surface area contributed by atoms with Gasteiger partial charge in [-0.2, -0.15) is 11.8 Å². The first-order valence-electron chi connectivity index (χ1n) is 7.64. The normalized spacial score (nSPS) is 18.9. The Kier molecular flexibility index (Phi) is 4.24. The van der Waals surface area contributed by atoms with E-state index in [1.165, 1.54) is 36.3 Å². The molecule has 1 aliphatic heterocycles. The highest BCUT2D eigenvalue weighted by Gasteiger charge is 2.16. The first-order chi connectivity index (χ1) is 10.1. The summed E-state index contributed by atoms with van der Waals surface area (Å²) in [7, 11) is 0. The van der Waals surface area contributed by atoms with E-state index in [-0.39, 0.29) is 5.91 Å². The number of benzene rings is 1. The van der Waals surface area contributed by atoms with Gasteiger partial charge < -0.3 is 10.3 Å². The number of aryl methyl sites for hydroxylation is 2. The van der Waals surface area contributed by atoms with Crippen molar-refractivity contribution in [2.45, 2.75) is 38.4 Å². The van der Waals surface area contributed by atoms with Gasteiger partial charge in [-0.05, 0) is 56.2 Å². The van der Waals surface area contributed by atoms with Gasteiger partial charge in [0, 0.05) is 34.0 Å². The van der Waals surface area contributed by atoms with Crippen LogP contribution in [0.25, 0.3) is 10.9 Å². The third-order valence-electron chi connectivity index (χ3n) is 4.33. The Hall–Kier alpha value is -1.42. The van der Waals surface area contributed by atoms with Crippen LogP contribution in [0.2, 0.25) is 0 Å². The lowest BCUT2D eigenvalue weighted by molar-refractivity contribution is 0.0953. The molecule has 1 atom stereocenters. The lowest BCUT2D eigenvalue weighted by atomic mass is 10.1. The molecule has 2 N–H and O–H groups in total. The number of hydrogen-bond acceptors (Lipinski definition) is 2. The molecular formula is C17H22N2OS. The number of hydrogen-bond donors (Lipinski definition) is 2. The first-order valence-corrected chi connectivity index (χ1v) is 8.69. The average molecular weight is 302 g/mol. The van der Waals surface area contributed by atoms with Gasteiger partial charge in [-0.15, -0.1) is 0 Å².